The van der Waals surface area contributed by atoms with Crippen molar-refractivity contribution in [3.8, 4) is 0 Å². The SMILES string of the molecule is FC(c1nc2ccccc2o1)C(F)(F)F. The van der Waals surface area contributed by atoms with E-state index >= 15 is 0 Å². The Hall–Kier alpha value is -1.59. The summed E-state index contributed by atoms with van der Waals surface area (Å²) in [6.07, 6.45) is -8.16. The molecular weight excluding hydrogens is 214 g/mol. The van der Waals surface area contributed by atoms with Crippen molar-refractivity contribution >= 4 is 11.1 Å². The first-order valence-electron chi connectivity index (χ1n) is 4.05. The van der Waals surface area contributed by atoms with Gasteiger partial charge in [0.05, 0.1) is 0 Å². The van der Waals surface area contributed by atoms with E-state index in [-0.39, 0.29) is 11.1 Å². The minimum Gasteiger partial charge on any atom is -0.437 e. The molecule has 0 fully saturated rings. The maximum Gasteiger partial charge on any atom is 0.428 e. The second kappa shape index (κ2) is 3.22. The van der Waals surface area contributed by atoms with Gasteiger partial charge in [0, 0.05) is 0 Å². The predicted molar refractivity (Wildman–Crippen MR) is 43.9 cm³/mol. The Morgan fingerprint density at radius 2 is 1.87 bits per heavy atom. The topological polar surface area (TPSA) is 26.0 Å². The lowest BCUT2D eigenvalue weighted by Gasteiger charge is -2.07. The first kappa shape index (κ1) is 9.95. The van der Waals surface area contributed by atoms with Gasteiger partial charge in [-0.05, 0) is 12.1 Å². The van der Waals surface area contributed by atoms with Crippen LogP contribution in [-0.4, -0.2) is 11.2 Å². The number of nitrogens with zero attached hydrogens (tertiary/aromatic N) is 1. The second-order valence-corrected chi connectivity index (χ2v) is 2.92. The van der Waals surface area contributed by atoms with E-state index in [9.17, 15) is 17.6 Å². The van der Waals surface area contributed by atoms with Crippen LogP contribution in [0.3, 0.4) is 0 Å². The van der Waals surface area contributed by atoms with Gasteiger partial charge in [0.15, 0.2) is 5.58 Å². The molecule has 0 N–H and O–H groups in total. The Labute approximate surface area is 81.5 Å². The fourth-order valence-electron chi connectivity index (χ4n) is 1.14. The zero-order chi connectivity index (χ0) is 11.1. The molecule has 0 radical (unpaired) electrons. The molecule has 0 saturated heterocycles. The van der Waals surface area contributed by atoms with E-state index in [0.29, 0.717) is 0 Å². The second-order valence-electron chi connectivity index (χ2n) is 2.92. The first-order valence-corrected chi connectivity index (χ1v) is 4.05. The van der Waals surface area contributed by atoms with Crippen LogP contribution in [0.2, 0.25) is 0 Å². The monoisotopic (exact) mass is 219 g/mol. The van der Waals surface area contributed by atoms with E-state index in [1.165, 1.54) is 12.1 Å². The number of para-hydroxylation sites is 2. The molecule has 0 aliphatic heterocycles. The average molecular weight is 219 g/mol. The van der Waals surface area contributed by atoms with Crippen LogP contribution >= 0.6 is 0 Å². The zero-order valence-electron chi connectivity index (χ0n) is 7.25. The number of rotatable bonds is 1. The van der Waals surface area contributed by atoms with Gasteiger partial charge in [-0.25, -0.2) is 9.37 Å². The summed E-state index contributed by atoms with van der Waals surface area (Å²) in [5, 5.41) is 0. The van der Waals surface area contributed by atoms with Crippen molar-refractivity contribution in [1.82, 2.24) is 4.98 Å². The molecule has 6 heteroatoms. The van der Waals surface area contributed by atoms with Crippen molar-refractivity contribution in [2.24, 2.45) is 0 Å². The first-order chi connectivity index (χ1) is 6.98. The summed E-state index contributed by atoms with van der Waals surface area (Å²) in [5.41, 5.74) is 0.346. The van der Waals surface area contributed by atoms with Gasteiger partial charge < -0.3 is 4.42 Å². The largest absolute Gasteiger partial charge is 0.437 e. The van der Waals surface area contributed by atoms with Gasteiger partial charge >= 0.3 is 6.18 Å². The predicted octanol–water partition coefficient (Wildman–Crippen LogP) is 3.40. The smallest absolute Gasteiger partial charge is 0.428 e. The Morgan fingerprint density at radius 1 is 1.20 bits per heavy atom. The van der Waals surface area contributed by atoms with E-state index < -0.39 is 18.2 Å². The summed E-state index contributed by atoms with van der Waals surface area (Å²) in [6.45, 7) is 0. The van der Waals surface area contributed by atoms with Crippen LogP contribution in [0.1, 0.15) is 12.1 Å². The van der Waals surface area contributed by atoms with Crippen molar-refractivity contribution in [2.75, 3.05) is 0 Å². The van der Waals surface area contributed by atoms with E-state index in [1.807, 2.05) is 0 Å². The quantitative estimate of drug-likeness (QED) is 0.687. The number of hydrogen-bond donors (Lipinski definition) is 0. The molecule has 2 rings (SSSR count). The van der Waals surface area contributed by atoms with E-state index in [4.69, 9.17) is 0 Å². The van der Waals surface area contributed by atoms with Crippen molar-refractivity contribution in [1.29, 1.82) is 0 Å². The number of aromatic nitrogens is 1. The molecule has 1 aromatic carbocycles. The normalized spacial score (nSPS) is 14.4. The summed E-state index contributed by atoms with van der Waals surface area (Å²) >= 11 is 0. The van der Waals surface area contributed by atoms with Gasteiger partial charge in [0.1, 0.15) is 5.52 Å². The van der Waals surface area contributed by atoms with Gasteiger partial charge in [-0.15, -0.1) is 0 Å². The summed E-state index contributed by atoms with van der Waals surface area (Å²) < 4.78 is 53.4. The fourth-order valence-corrected chi connectivity index (χ4v) is 1.14. The van der Waals surface area contributed by atoms with E-state index in [2.05, 4.69) is 9.40 Å². The lowest BCUT2D eigenvalue weighted by Crippen LogP contribution is -2.16. The number of hydrogen-bond acceptors (Lipinski definition) is 2. The van der Waals surface area contributed by atoms with Gasteiger partial charge in [-0.2, -0.15) is 13.2 Å². The van der Waals surface area contributed by atoms with Crippen LogP contribution in [0.15, 0.2) is 28.7 Å². The van der Waals surface area contributed by atoms with Crippen molar-refractivity contribution in [3.63, 3.8) is 0 Å². The fraction of sp³-hybridized carbons (Fsp3) is 0.222. The van der Waals surface area contributed by atoms with Crippen molar-refractivity contribution in [3.05, 3.63) is 30.2 Å². The summed E-state index contributed by atoms with van der Waals surface area (Å²) in [6, 6.07) is 6.02. The number of halogens is 4. The van der Waals surface area contributed by atoms with Crippen LogP contribution in [0.4, 0.5) is 17.6 Å². The number of fused-ring (bicyclic) bond motifs is 1. The van der Waals surface area contributed by atoms with E-state index in [1.54, 1.807) is 12.1 Å². The molecule has 0 saturated carbocycles. The molecular formula is C9H5F4NO. The molecule has 1 heterocycles. The number of alkyl halides is 4. The number of oxazole rings is 1. The molecule has 2 aromatic rings. The molecule has 0 aliphatic rings. The summed E-state index contributed by atoms with van der Waals surface area (Å²) in [5.74, 6) is -0.955. The molecule has 0 amide bonds. The third kappa shape index (κ3) is 1.79. The van der Waals surface area contributed by atoms with Crippen LogP contribution in [0, 0.1) is 0 Å². The molecule has 0 bridgehead atoms. The van der Waals surface area contributed by atoms with Crippen LogP contribution in [0.25, 0.3) is 11.1 Å². The minimum absolute atomic E-state index is 0.138. The lowest BCUT2D eigenvalue weighted by atomic mass is 10.3. The molecule has 15 heavy (non-hydrogen) atoms. The Kier molecular flexibility index (Phi) is 2.13. The van der Waals surface area contributed by atoms with E-state index in [0.717, 1.165) is 0 Å². The maximum absolute atomic E-state index is 12.8. The van der Waals surface area contributed by atoms with Gasteiger partial charge in [0.25, 0.3) is 6.17 Å². The van der Waals surface area contributed by atoms with Crippen LogP contribution in [-0.2, 0) is 0 Å². The molecule has 1 unspecified atom stereocenters. The standard InChI is InChI=1S/C9H5F4NO/c10-7(9(11,12)13)8-14-5-3-1-2-4-6(5)15-8/h1-4,7H. The third-order valence-electron chi connectivity index (χ3n) is 1.81. The van der Waals surface area contributed by atoms with Gasteiger partial charge in [-0.3, -0.25) is 0 Å². The summed E-state index contributed by atoms with van der Waals surface area (Å²) in [7, 11) is 0. The molecule has 1 atom stereocenters. The third-order valence-corrected chi connectivity index (χ3v) is 1.81. The molecule has 80 valence electrons. The maximum atomic E-state index is 12.8. The van der Waals surface area contributed by atoms with Crippen LogP contribution < -0.4 is 0 Å². The minimum atomic E-state index is -4.99. The van der Waals surface area contributed by atoms with Crippen molar-refractivity contribution in [2.45, 2.75) is 12.3 Å². The Balaban J connectivity index is 2.45. The van der Waals surface area contributed by atoms with Gasteiger partial charge in [-0.1, -0.05) is 12.1 Å². The lowest BCUT2D eigenvalue weighted by molar-refractivity contribution is -0.188. The van der Waals surface area contributed by atoms with Crippen molar-refractivity contribution < 1.29 is 22.0 Å². The highest BCUT2D eigenvalue weighted by Crippen LogP contribution is 2.36. The highest BCUT2D eigenvalue weighted by Gasteiger charge is 2.44. The highest BCUT2D eigenvalue weighted by molar-refractivity contribution is 5.72. The zero-order valence-corrected chi connectivity index (χ0v) is 7.25. The summed E-state index contributed by atoms with van der Waals surface area (Å²) in [4.78, 5) is 3.42. The average Bonchev–Trinajstić information content (AvgIpc) is 2.58. The molecule has 0 spiro atoms. The molecule has 0 aliphatic carbocycles. The molecule has 1 aromatic heterocycles. The number of benzene rings is 1. The van der Waals surface area contributed by atoms with Crippen LogP contribution in [0.5, 0.6) is 0 Å². The highest BCUT2D eigenvalue weighted by atomic mass is 19.4. The Morgan fingerprint density at radius 3 is 2.47 bits per heavy atom. The Bertz CT molecular complexity index is 443. The van der Waals surface area contributed by atoms with Gasteiger partial charge in [0.2, 0.25) is 5.89 Å². The molecule has 2 nitrogen and oxygen atoms in total.